The molecule has 1 aliphatic heterocycles. The van der Waals surface area contributed by atoms with Crippen LogP contribution in [0.5, 0.6) is 0 Å². The lowest BCUT2D eigenvalue weighted by molar-refractivity contribution is -0.141. The molecule has 1 heterocycles. The molecule has 1 aromatic carbocycles. The van der Waals surface area contributed by atoms with E-state index in [0.29, 0.717) is 6.42 Å². The summed E-state index contributed by atoms with van der Waals surface area (Å²) >= 11 is 0. The summed E-state index contributed by atoms with van der Waals surface area (Å²) in [5.74, 6) is -1.18. The molecule has 0 spiro atoms. The van der Waals surface area contributed by atoms with Crippen molar-refractivity contribution < 1.29 is 23.4 Å². The van der Waals surface area contributed by atoms with Crippen molar-refractivity contribution in [3.63, 3.8) is 0 Å². The Bertz CT molecular complexity index is 596. The van der Waals surface area contributed by atoms with E-state index in [-0.39, 0.29) is 17.9 Å². The number of benzene rings is 1. The molecule has 6 nitrogen and oxygen atoms in total. The molecule has 0 saturated carbocycles. The lowest BCUT2D eigenvalue weighted by Gasteiger charge is -2.26. The third-order valence-corrected chi connectivity index (χ3v) is 5.51. The third-order valence-electron chi connectivity index (χ3n) is 3.53. The number of carbonyl (C=O) groups is 1. The minimum atomic E-state index is -3.92. The molecule has 1 saturated heterocycles. The Labute approximate surface area is 117 Å². The van der Waals surface area contributed by atoms with Crippen LogP contribution in [0.1, 0.15) is 18.4 Å². The highest BCUT2D eigenvalue weighted by Gasteiger charge is 2.45. The number of rotatable bonds is 4. The van der Waals surface area contributed by atoms with Crippen molar-refractivity contribution in [2.24, 2.45) is 0 Å². The zero-order valence-corrected chi connectivity index (χ0v) is 11.9. The van der Waals surface area contributed by atoms with Crippen LogP contribution in [-0.2, 0) is 14.8 Å². The number of hydrogen-bond donors (Lipinski definition) is 2. The van der Waals surface area contributed by atoms with Crippen LogP contribution in [0.25, 0.3) is 0 Å². The molecule has 1 aliphatic rings. The van der Waals surface area contributed by atoms with Crippen molar-refractivity contribution in [3.05, 3.63) is 29.8 Å². The number of aliphatic carboxylic acids is 1. The number of aryl methyl sites for hydroxylation is 1. The molecule has 2 atom stereocenters. The van der Waals surface area contributed by atoms with Crippen LogP contribution in [0.4, 0.5) is 0 Å². The van der Waals surface area contributed by atoms with Gasteiger partial charge in [0.2, 0.25) is 10.0 Å². The quantitative estimate of drug-likeness (QED) is 0.848. The summed E-state index contributed by atoms with van der Waals surface area (Å²) in [6.45, 7) is 1.46. The van der Waals surface area contributed by atoms with E-state index >= 15 is 0 Å². The zero-order valence-electron chi connectivity index (χ0n) is 11.1. The Hall–Kier alpha value is -1.44. The smallest absolute Gasteiger partial charge is 0.322 e. The highest BCUT2D eigenvalue weighted by atomic mass is 32.2. The summed E-state index contributed by atoms with van der Waals surface area (Å²) in [7, 11) is -3.92. The predicted molar refractivity (Wildman–Crippen MR) is 71.7 cm³/mol. The van der Waals surface area contributed by atoms with Crippen LogP contribution in [0, 0.1) is 6.92 Å². The molecule has 0 aromatic heterocycles. The number of sulfonamides is 1. The molecule has 0 aliphatic carbocycles. The lowest BCUT2D eigenvalue weighted by atomic mass is 10.2. The second kappa shape index (κ2) is 5.51. The molecule has 7 heteroatoms. The van der Waals surface area contributed by atoms with Crippen molar-refractivity contribution in [1.82, 2.24) is 4.31 Å². The Morgan fingerprint density at radius 2 is 1.90 bits per heavy atom. The molecule has 1 fully saturated rings. The lowest BCUT2D eigenvalue weighted by Crippen LogP contribution is -2.46. The second-order valence-corrected chi connectivity index (χ2v) is 6.76. The summed E-state index contributed by atoms with van der Waals surface area (Å²) < 4.78 is 26.1. The van der Waals surface area contributed by atoms with Gasteiger partial charge in [-0.1, -0.05) is 17.7 Å². The van der Waals surface area contributed by atoms with Crippen LogP contribution in [-0.4, -0.2) is 47.6 Å². The van der Waals surface area contributed by atoms with E-state index in [2.05, 4.69) is 0 Å². The summed E-state index contributed by atoms with van der Waals surface area (Å²) in [4.78, 5) is 11.3. The van der Waals surface area contributed by atoms with Gasteiger partial charge >= 0.3 is 5.97 Å². The van der Waals surface area contributed by atoms with E-state index in [1.54, 1.807) is 12.1 Å². The fourth-order valence-corrected chi connectivity index (χ4v) is 4.28. The maximum absolute atomic E-state index is 12.6. The maximum Gasteiger partial charge on any atom is 0.322 e. The first kappa shape index (κ1) is 15.0. The minimum absolute atomic E-state index is 0.0506. The molecule has 2 rings (SSSR count). The first-order valence-electron chi connectivity index (χ1n) is 6.32. The van der Waals surface area contributed by atoms with Gasteiger partial charge in [0, 0.05) is 6.04 Å². The van der Waals surface area contributed by atoms with Gasteiger partial charge in [0.15, 0.2) is 0 Å². The van der Waals surface area contributed by atoms with E-state index in [1.165, 1.54) is 12.1 Å². The Balaban J connectivity index is 2.44. The summed E-state index contributed by atoms with van der Waals surface area (Å²) in [5.41, 5.74) is 0.916. The van der Waals surface area contributed by atoms with E-state index < -0.39 is 28.1 Å². The number of aliphatic hydroxyl groups excluding tert-OH is 1. The van der Waals surface area contributed by atoms with Crippen molar-refractivity contribution in [1.29, 1.82) is 0 Å². The first-order valence-corrected chi connectivity index (χ1v) is 7.76. The molecular formula is C13H17NO5S. The molecule has 2 N–H and O–H groups in total. The normalized spacial score (nSPS) is 23.9. The number of nitrogens with zero attached hydrogens (tertiary/aromatic N) is 1. The van der Waals surface area contributed by atoms with Gasteiger partial charge in [-0.25, -0.2) is 8.42 Å². The van der Waals surface area contributed by atoms with Crippen LogP contribution in [0.3, 0.4) is 0 Å². The fourth-order valence-electron chi connectivity index (χ4n) is 2.46. The number of aliphatic hydroxyl groups is 1. The van der Waals surface area contributed by atoms with Crippen LogP contribution >= 0.6 is 0 Å². The monoisotopic (exact) mass is 299 g/mol. The van der Waals surface area contributed by atoms with Gasteiger partial charge in [-0.2, -0.15) is 4.31 Å². The van der Waals surface area contributed by atoms with Crippen molar-refractivity contribution in [2.75, 3.05) is 6.61 Å². The van der Waals surface area contributed by atoms with Gasteiger partial charge < -0.3 is 10.2 Å². The van der Waals surface area contributed by atoms with E-state index in [0.717, 1.165) is 9.87 Å². The average Bonchev–Trinajstić information content (AvgIpc) is 2.84. The standard InChI is InChI=1S/C13H17NO5S/c1-9-2-5-11(6-3-9)20(18,19)14-10(8-15)4-7-12(14)13(16)17/h2-3,5-6,10,12,15H,4,7-8H2,1H3,(H,16,17)/t10-,12+/m1/s1. The van der Waals surface area contributed by atoms with E-state index in [9.17, 15) is 18.3 Å². The molecule has 0 bridgehead atoms. The number of carboxylic acid groups (broad SMARTS) is 1. The highest BCUT2D eigenvalue weighted by molar-refractivity contribution is 7.89. The van der Waals surface area contributed by atoms with Gasteiger partial charge in [0.25, 0.3) is 0 Å². The molecule has 0 radical (unpaired) electrons. The highest BCUT2D eigenvalue weighted by Crippen LogP contribution is 2.31. The topological polar surface area (TPSA) is 94.9 Å². The Morgan fingerprint density at radius 1 is 1.30 bits per heavy atom. The molecular weight excluding hydrogens is 282 g/mol. The van der Waals surface area contributed by atoms with Gasteiger partial charge in [-0.3, -0.25) is 4.79 Å². The van der Waals surface area contributed by atoms with Crippen molar-refractivity contribution in [3.8, 4) is 0 Å². The van der Waals surface area contributed by atoms with Crippen molar-refractivity contribution >= 4 is 16.0 Å². The fraction of sp³-hybridized carbons (Fsp3) is 0.462. The van der Waals surface area contributed by atoms with Crippen LogP contribution < -0.4 is 0 Å². The molecule has 1 aromatic rings. The second-order valence-electron chi connectivity index (χ2n) is 4.92. The molecule has 20 heavy (non-hydrogen) atoms. The summed E-state index contributed by atoms with van der Waals surface area (Å²) in [6.07, 6.45) is 0.560. The van der Waals surface area contributed by atoms with Gasteiger partial charge in [0.1, 0.15) is 6.04 Å². The van der Waals surface area contributed by atoms with E-state index in [1.807, 2.05) is 6.92 Å². The van der Waals surface area contributed by atoms with Gasteiger partial charge in [-0.05, 0) is 31.9 Å². The Morgan fingerprint density at radius 3 is 2.40 bits per heavy atom. The van der Waals surface area contributed by atoms with Crippen LogP contribution in [0.15, 0.2) is 29.2 Å². The van der Waals surface area contributed by atoms with Gasteiger partial charge in [-0.15, -0.1) is 0 Å². The zero-order chi connectivity index (χ0) is 14.9. The van der Waals surface area contributed by atoms with Crippen LogP contribution in [0.2, 0.25) is 0 Å². The third kappa shape index (κ3) is 2.56. The van der Waals surface area contributed by atoms with E-state index in [4.69, 9.17) is 5.11 Å². The predicted octanol–water partition coefficient (Wildman–Crippen LogP) is 0.594. The number of hydrogen-bond acceptors (Lipinski definition) is 4. The molecule has 110 valence electrons. The van der Waals surface area contributed by atoms with Crippen molar-refractivity contribution in [2.45, 2.75) is 36.7 Å². The Kier molecular flexibility index (Phi) is 4.12. The SMILES string of the molecule is Cc1ccc(S(=O)(=O)N2[C@@H](CO)CC[C@H]2C(=O)O)cc1. The number of carboxylic acids is 1. The first-order chi connectivity index (χ1) is 9.37. The summed E-state index contributed by atoms with van der Waals surface area (Å²) in [5, 5.41) is 18.5. The maximum atomic E-state index is 12.6. The van der Waals surface area contributed by atoms with Gasteiger partial charge in [0.05, 0.1) is 11.5 Å². The largest absolute Gasteiger partial charge is 0.480 e. The minimum Gasteiger partial charge on any atom is -0.480 e. The summed E-state index contributed by atoms with van der Waals surface area (Å²) in [6, 6.07) is 4.44. The average molecular weight is 299 g/mol. The molecule has 0 amide bonds. The molecule has 0 unspecified atom stereocenters.